The second-order valence-electron chi connectivity index (χ2n) is 3.47. The van der Waals surface area contributed by atoms with E-state index >= 15 is 0 Å². The minimum atomic E-state index is -0.194. The molecule has 1 aromatic carbocycles. The van der Waals surface area contributed by atoms with Crippen LogP contribution in [0.25, 0.3) is 0 Å². The van der Waals surface area contributed by atoms with Gasteiger partial charge in [-0.25, -0.2) is 4.68 Å². The van der Waals surface area contributed by atoms with Crippen LogP contribution in [0.15, 0.2) is 30.5 Å². The summed E-state index contributed by atoms with van der Waals surface area (Å²) in [6.45, 7) is -0.142. The molecule has 1 N–H and O–H groups in total. The summed E-state index contributed by atoms with van der Waals surface area (Å²) in [5.41, 5.74) is 0.882. The van der Waals surface area contributed by atoms with Crippen LogP contribution >= 0.6 is 11.6 Å². The van der Waals surface area contributed by atoms with Crippen molar-refractivity contribution in [2.75, 3.05) is 0 Å². The molecule has 6 heteroatoms. The zero-order chi connectivity index (χ0) is 12.3. The van der Waals surface area contributed by atoms with E-state index in [0.29, 0.717) is 16.3 Å². The van der Waals surface area contributed by atoms with Gasteiger partial charge in [-0.3, -0.25) is 4.79 Å². The van der Waals surface area contributed by atoms with E-state index < -0.39 is 0 Å². The topological polar surface area (TPSA) is 68.0 Å². The molecule has 5 nitrogen and oxygen atoms in total. The Kier molecular flexibility index (Phi) is 3.51. The highest BCUT2D eigenvalue weighted by molar-refractivity contribution is 6.33. The third-order valence-corrected chi connectivity index (χ3v) is 2.56. The molecule has 88 valence electrons. The molecule has 0 bridgehead atoms. The number of Topliss-reactive ketones (excluding diaryl/α,β-unsaturated/α-hetero) is 1. The molecule has 17 heavy (non-hydrogen) atoms. The number of aliphatic hydroxyl groups excluding tert-OH is 1. The number of benzene rings is 1. The summed E-state index contributed by atoms with van der Waals surface area (Å²) >= 11 is 5.91. The highest BCUT2D eigenvalue weighted by Gasteiger charge is 2.11. The predicted molar refractivity (Wildman–Crippen MR) is 61.7 cm³/mol. The number of rotatable bonds is 4. The van der Waals surface area contributed by atoms with Crippen LogP contribution in [0.3, 0.4) is 0 Å². The van der Waals surface area contributed by atoms with Gasteiger partial charge in [-0.15, -0.1) is 5.10 Å². The Bertz CT molecular complexity index is 539. The Labute approximate surface area is 103 Å². The average Bonchev–Trinajstić information content (AvgIpc) is 2.77. The molecule has 0 radical (unpaired) electrons. The second-order valence-corrected chi connectivity index (χ2v) is 3.88. The molecule has 0 aliphatic rings. The van der Waals surface area contributed by atoms with Gasteiger partial charge in [0.2, 0.25) is 0 Å². The number of hydrogen-bond acceptors (Lipinski definition) is 4. The molecular weight excluding hydrogens is 242 g/mol. The van der Waals surface area contributed by atoms with E-state index in [1.54, 1.807) is 24.3 Å². The molecule has 2 rings (SSSR count). The Morgan fingerprint density at radius 2 is 2.18 bits per heavy atom. The Morgan fingerprint density at radius 3 is 2.82 bits per heavy atom. The van der Waals surface area contributed by atoms with Gasteiger partial charge >= 0.3 is 0 Å². The van der Waals surface area contributed by atoms with Gasteiger partial charge in [0, 0.05) is 5.56 Å². The van der Waals surface area contributed by atoms with Crippen molar-refractivity contribution in [1.82, 2.24) is 15.0 Å². The maximum Gasteiger partial charge on any atom is 0.185 e. The second kappa shape index (κ2) is 5.07. The number of carbonyl (C=O) groups excluding carboxylic acids is 1. The molecule has 1 heterocycles. The molecule has 0 aliphatic heterocycles. The van der Waals surface area contributed by atoms with Crippen molar-refractivity contribution in [2.24, 2.45) is 0 Å². The van der Waals surface area contributed by atoms with E-state index in [2.05, 4.69) is 10.3 Å². The van der Waals surface area contributed by atoms with Gasteiger partial charge in [0.15, 0.2) is 5.78 Å². The number of aliphatic hydroxyl groups is 1. The first-order chi connectivity index (χ1) is 8.20. The summed E-state index contributed by atoms with van der Waals surface area (Å²) in [6.07, 6.45) is 1.52. The Morgan fingerprint density at radius 1 is 1.41 bits per heavy atom. The van der Waals surface area contributed by atoms with E-state index in [1.807, 2.05) is 0 Å². The fraction of sp³-hybridized carbons (Fsp3) is 0.182. The van der Waals surface area contributed by atoms with E-state index in [4.69, 9.17) is 16.7 Å². The van der Waals surface area contributed by atoms with Gasteiger partial charge < -0.3 is 5.11 Å². The summed E-state index contributed by atoms with van der Waals surface area (Å²) < 4.78 is 1.37. The fourth-order valence-corrected chi connectivity index (χ4v) is 1.65. The number of carbonyl (C=O) groups is 1. The molecule has 0 saturated heterocycles. The van der Waals surface area contributed by atoms with Crippen LogP contribution in [0.5, 0.6) is 0 Å². The van der Waals surface area contributed by atoms with E-state index in [9.17, 15) is 4.79 Å². The third kappa shape index (κ3) is 2.69. The van der Waals surface area contributed by atoms with E-state index in [0.717, 1.165) is 0 Å². The van der Waals surface area contributed by atoms with Crippen molar-refractivity contribution >= 4 is 17.4 Å². The van der Waals surface area contributed by atoms with Crippen molar-refractivity contribution in [3.8, 4) is 0 Å². The quantitative estimate of drug-likeness (QED) is 0.832. The lowest BCUT2D eigenvalue weighted by molar-refractivity contribution is 0.0967. The first-order valence-electron chi connectivity index (χ1n) is 4.98. The Balaban J connectivity index is 2.14. The number of hydrogen-bond donors (Lipinski definition) is 1. The van der Waals surface area contributed by atoms with Crippen LogP contribution in [0.1, 0.15) is 16.1 Å². The molecule has 0 aliphatic carbocycles. The molecule has 0 unspecified atom stereocenters. The van der Waals surface area contributed by atoms with Crippen molar-refractivity contribution in [1.29, 1.82) is 0 Å². The van der Waals surface area contributed by atoms with Crippen LogP contribution in [0, 0.1) is 0 Å². The minimum absolute atomic E-state index is 0.0523. The first-order valence-corrected chi connectivity index (χ1v) is 5.36. The summed E-state index contributed by atoms with van der Waals surface area (Å²) in [6, 6.07) is 6.84. The minimum Gasteiger partial charge on any atom is -0.390 e. The number of aromatic nitrogens is 3. The number of halogens is 1. The summed E-state index contributed by atoms with van der Waals surface area (Å²) in [5.74, 6) is -0.148. The SMILES string of the molecule is O=C(Cn1cc(CO)nn1)c1ccccc1Cl. The van der Waals surface area contributed by atoms with Gasteiger partial charge in [-0.05, 0) is 12.1 Å². The van der Waals surface area contributed by atoms with Gasteiger partial charge in [-0.2, -0.15) is 0 Å². The van der Waals surface area contributed by atoms with Crippen LogP contribution in [-0.4, -0.2) is 25.9 Å². The normalized spacial score (nSPS) is 10.5. The highest BCUT2D eigenvalue weighted by Crippen LogP contribution is 2.15. The molecule has 0 saturated carbocycles. The summed E-state index contributed by atoms with van der Waals surface area (Å²) in [7, 11) is 0. The third-order valence-electron chi connectivity index (χ3n) is 2.23. The smallest absolute Gasteiger partial charge is 0.185 e. The molecule has 0 spiro atoms. The molecular formula is C11H10ClN3O2. The van der Waals surface area contributed by atoms with E-state index in [1.165, 1.54) is 10.9 Å². The lowest BCUT2D eigenvalue weighted by atomic mass is 10.1. The van der Waals surface area contributed by atoms with Gasteiger partial charge in [-0.1, -0.05) is 28.9 Å². The van der Waals surface area contributed by atoms with Crippen LogP contribution in [-0.2, 0) is 13.2 Å². The maximum atomic E-state index is 11.9. The fourth-order valence-electron chi connectivity index (χ4n) is 1.41. The molecule has 0 atom stereocenters. The average molecular weight is 252 g/mol. The van der Waals surface area contributed by atoms with Crippen LogP contribution in [0.2, 0.25) is 5.02 Å². The lowest BCUT2D eigenvalue weighted by Crippen LogP contribution is -2.11. The van der Waals surface area contributed by atoms with Crippen molar-refractivity contribution in [3.05, 3.63) is 46.7 Å². The maximum absolute atomic E-state index is 11.9. The first kappa shape index (κ1) is 11.8. The summed E-state index contributed by atoms with van der Waals surface area (Å²) in [5, 5.41) is 16.6. The molecule has 1 aromatic heterocycles. The number of ketones is 1. The molecule has 0 amide bonds. The molecule has 0 fully saturated rings. The zero-order valence-corrected chi connectivity index (χ0v) is 9.63. The largest absolute Gasteiger partial charge is 0.390 e. The zero-order valence-electron chi connectivity index (χ0n) is 8.88. The van der Waals surface area contributed by atoms with Gasteiger partial charge in [0.05, 0.1) is 17.8 Å². The van der Waals surface area contributed by atoms with Crippen LogP contribution < -0.4 is 0 Å². The van der Waals surface area contributed by atoms with Gasteiger partial charge in [0.1, 0.15) is 12.2 Å². The monoisotopic (exact) mass is 251 g/mol. The van der Waals surface area contributed by atoms with Crippen molar-refractivity contribution in [2.45, 2.75) is 13.2 Å². The highest BCUT2D eigenvalue weighted by atomic mass is 35.5. The molecule has 2 aromatic rings. The lowest BCUT2D eigenvalue weighted by Gasteiger charge is -2.02. The Hall–Kier alpha value is -1.72. The van der Waals surface area contributed by atoms with Gasteiger partial charge in [0.25, 0.3) is 0 Å². The van der Waals surface area contributed by atoms with Crippen molar-refractivity contribution < 1.29 is 9.90 Å². The van der Waals surface area contributed by atoms with Crippen molar-refractivity contribution in [3.63, 3.8) is 0 Å². The predicted octanol–water partition coefficient (Wildman–Crippen LogP) is 1.31. The summed E-state index contributed by atoms with van der Waals surface area (Å²) in [4.78, 5) is 11.9. The number of nitrogens with zero attached hydrogens (tertiary/aromatic N) is 3. The standard InChI is InChI=1S/C11H10ClN3O2/c12-10-4-2-1-3-9(10)11(17)6-15-5-8(7-16)13-14-15/h1-5,16H,6-7H2. The van der Waals surface area contributed by atoms with E-state index in [-0.39, 0.29) is 18.9 Å². The van der Waals surface area contributed by atoms with Crippen LogP contribution in [0.4, 0.5) is 0 Å².